The van der Waals surface area contributed by atoms with Gasteiger partial charge in [-0.3, -0.25) is 4.79 Å². The Morgan fingerprint density at radius 1 is 1.28 bits per heavy atom. The summed E-state index contributed by atoms with van der Waals surface area (Å²) in [4.78, 5) is 17.1. The van der Waals surface area contributed by atoms with Crippen LogP contribution in [0.1, 0.15) is 18.4 Å². The van der Waals surface area contributed by atoms with Crippen LogP contribution in [0.2, 0.25) is 0 Å². The summed E-state index contributed by atoms with van der Waals surface area (Å²) in [5, 5.41) is 0. The van der Waals surface area contributed by atoms with E-state index in [0.717, 1.165) is 31.5 Å². The number of hydrogen-bond acceptors (Lipinski definition) is 2. The molecule has 0 aliphatic carbocycles. The highest BCUT2D eigenvalue weighted by atomic mass is 16.2. The standard InChI is InChI=1S/C15H18N2O/c1-16-8-4-6-11-14(16)13-9-10-5-2-3-7-12(10)17(13)15(11)18/h2-3,5,7,11,13-14H,4,6,8-9H2,1H3/t11-,13-,14+/m1/s1. The molecule has 3 aliphatic rings. The number of para-hydroxylation sites is 1. The van der Waals surface area contributed by atoms with Crippen LogP contribution in [0.3, 0.4) is 0 Å². The van der Waals surface area contributed by atoms with Crippen molar-refractivity contribution in [1.82, 2.24) is 4.90 Å². The predicted molar refractivity (Wildman–Crippen MR) is 70.6 cm³/mol. The van der Waals surface area contributed by atoms with Crippen LogP contribution in [0.4, 0.5) is 5.69 Å². The molecular formula is C15H18N2O. The quantitative estimate of drug-likeness (QED) is 0.691. The number of hydrogen-bond donors (Lipinski definition) is 0. The molecule has 1 amide bonds. The van der Waals surface area contributed by atoms with E-state index in [9.17, 15) is 4.79 Å². The third kappa shape index (κ3) is 1.20. The molecule has 0 saturated carbocycles. The number of rotatable bonds is 0. The highest BCUT2D eigenvalue weighted by Gasteiger charge is 2.53. The Morgan fingerprint density at radius 2 is 2.11 bits per heavy atom. The second-order valence-electron chi connectivity index (χ2n) is 5.83. The van der Waals surface area contributed by atoms with Crippen LogP contribution in [0.25, 0.3) is 0 Å². The van der Waals surface area contributed by atoms with Crippen molar-refractivity contribution in [2.45, 2.75) is 31.3 Å². The summed E-state index contributed by atoms with van der Waals surface area (Å²) in [5.41, 5.74) is 2.50. The van der Waals surface area contributed by atoms with Crippen LogP contribution < -0.4 is 4.90 Å². The lowest BCUT2D eigenvalue weighted by atomic mass is 9.87. The molecule has 0 unspecified atom stereocenters. The molecule has 0 radical (unpaired) electrons. The lowest BCUT2D eigenvalue weighted by molar-refractivity contribution is -0.122. The van der Waals surface area contributed by atoms with Gasteiger partial charge in [-0.15, -0.1) is 0 Å². The fourth-order valence-corrected chi connectivity index (χ4v) is 4.17. The van der Waals surface area contributed by atoms with Gasteiger partial charge in [-0.2, -0.15) is 0 Å². The number of amides is 1. The first kappa shape index (κ1) is 10.6. The fraction of sp³-hybridized carbons (Fsp3) is 0.533. The van der Waals surface area contributed by atoms with Crippen molar-refractivity contribution < 1.29 is 4.79 Å². The van der Waals surface area contributed by atoms with Gasteiger partial charge in [0, 0.05) is 11.7 Å². The first-order valence-corrected chi connectivity index (χ1v) is 6.88. The van der Waals surface area contributed by atoms with Crippen molar-refractivity contribution in [1.29, 1.82) is 0 Å². The van der Waals surface area contributed by atoms with E-state index < -0.39 is 0 Å². The summed E-state index contributed by atoms with van der Waals surface area (Å²) >= 11 is 0. The zero-order valence-corrected chi connectivity index (χ0v) is 10.7. The summed E-state index contributed by atoms with van der Waals surface area (Å²) in [6.07, 6.45) is 3.27. The molecule has 3 heterocycles. The van der Waals surface area contributed by atoms with Crippen molar-refractivity contribution in [3.05, 3.63) is 29.8 Å². The Balaban J connectivity index is 1.79. The predicted octanol–water partition coefficient (Wildman–Crippen LogP) is 1.67. The number of fused-ring (bicyclic) bond motifs is 5. The Morgan fingerprint density at radius 3 is 3.00 bits per heavy atom. The minimum Gasteiger partial charge on any atom is -0.307 e. The second-order valence-corrected chi connectivity index (χ2v) is 5.83. The summed E-state index contributed by atoms with van der Waals surface area (Å²) in [6.45, 7) is 1.13. The largest absolute Gasteiger partial charge is 0.307 e. The molecule has 4 rings (SSSR count). The van der Waals surface area contributed by atoms with E-state index in [1.165, 1.54) is 5.56 Å². The van der Waals surface area contributed by atoms with E-state index >= 15 is 0 Å². The van der Waals surface area contributed by atoms with Crippen LogP contribution in [-0.4, -0.2) is 36.5 Å². The highest BCUT2D eigenvalue weighted by Crippen LogP contribution is 2.44. The first-order valence-electron chi connectivity index (χ1n) is 6.88. The maximum absolute atomic E-state index is 12.6. The van der Waals surface area contributed by atoms with Crippen molar-refractivity contribution in [2.75, 3.05) is 18.5 Å². The molecule has 2 saturated heterocycles. The molecule has 0 aromatic heterocycles. The van der Waals surface area contributed by atoms with Gasteiger partial charge < -0.3 is 9.80 Å². The number of likely N-dealkylation sites (N-methyl/N-ethyl adjacent to an activating group) is 1. The average Bonchev–Trinajstić information content (AvgIpc) is 2.87. The van der Waals surface area contributed by atoms with Crippen LogP contribution in [0, 0.1) is 5.92 Å². The van der Waals surface area contributed by atoms with Gasteiger partial charge in [0.15, 0.2) is 0 Å². The molecule has 1 aromatic carbocycles. The number of nitrogens with zero attached hydrogens (tertiary/aromatic N) is 2. The molecule has 3 atom stereocenters. The Hall–Kier alpha value is -1.35. The van der Waals surface area contributed by atoms with E-state index in [4.69, 9.17) is 0 Å². The number of likely N-dealkylation sites (tertiary alicyclic amines) is 1. The molecule has 1 aromatic rings. The maximum atomic E-state index is 12.6. The Kier molecular flexibility index (Phi) is 2.10. The molecule has 18 heavy (non-hydrogen) atoms. The fourth-order valence-electron chi connectivity index (χ4n) is 4.17. The number of anilines is 1. The van der Waals surface area contributed by atoms with Crippen LogP contribution in [0.15, 0.2) is 24.3 Å². The zero-order valence-electron chi connectivity index (χ0n) is 10.7. The van der Waals surface area contributed by atoms with Gasteiger partial charge in [-0.25, -0.2) is 0 Å². The zero-order chi connectivity index (χ0) is 12.3. The number of piperidine rings is 1. The summed E-state index contributed by atoms with van der Waals surface area (Å²) in [6, 6.07) is 9.20. The molecule has 0 N–H and O–H groups in total. The minimum absolute atomic E-state index is 0.238. The van der Waals surface area contributed by atoms with Crippen molar-refractivity contribution in [3.8, 4) is 0 Å². The Bertz CT molecular complexity index is 513. The van der Waals surface area contributed by atoms with Gasteiger partial charge in [0.2, 0.25) is 5.91 Å². The maximum Gasteiger partial charge on any atom is 0.232 e. The monoisotopic (exact) mass is 242 g/mol. The molecule has 3 aliphatic heterocycles. The highest BCUT2D eigenvalue weighted by molar-refractivity contribution is 6.01. The van der Waals surface area contributed by atoms with Gasteiger partial charge in [-0.05, 0) is 44.5 Å². The normalized spacial score (nSPS) is 34.4. The molecule has 3 nitrogen and oxygen atoms in total. The van der Waals surface area contributed by atoms with E-state index in [1.807, 2.05) is 6.07 Å². The van der Waals surface area contributed by atoms with Gasteiger partial charge in [-0.1, -0.05) is 18.2 Å². The van der Waals surface area contributed by atoms with Crippen LogP contribution in [0.5, 0.6) is 0 Å². The smallest absolute Gasteiger partial charge is 0.232 e. The van der Waals surface area contributed by atoms with E-state index in [1.54, 1.807) is 0 Å². The molecule has 2 fully saturated rings. The van der Waals surface area contributed by atoms with Crippen LogP contribution in [-0.2, 0) is 11.2 Å². The van der Waals surface area contributed by atoms with Crippen molar-refractivity contribution in [2.24, 2.45) is 5.92 Å². The molecule has 94 valence electrons. The van der Waals surface area contributed by atoms with Gasteiger partial charge in [0.05, 0.1) is 12.0 Å². The van der Waals surface area contributed by atoms with Gasteiger partial charge in [0.1, 0.15) is 0 Å². The lowest BCUT2D eigenvalue weighted by Crippen LogP contribution is -2.47. The lowest BCUT2D eigenvalue weighted by Gasteiger charge is -2.35. The van der Waals surface area contributed by atoms with Crippen LogP contribution >= 0.6 is 0 Å². The third-order valence-electron chi connectivity index (χ3n) is 4.91. The average molecular weight is 242 g/mol. The van der Waals surface area contributed by atoms with Crippen molar-refractivity contribution >= 4 is 11.6 Å². The summed E-state index contributed by atoms with van der Waals surface area (Å²) < 4.78 is 0. The summed E-state index contributed by atoms with van der Waals surface area (Å²) in [7, 11) is 2.18. The molecule has 3 heteroatoms. The topological polar surface area (TPSA) is 23.6 Å². The number of carbonyl (C=O) groups excluding carboxylic acids is 1. The summed E-state index contributed by atoms with van der Waals surface area (Å²) in [5.74, 6) is 0.601. The third-order valence-corrected chi connectivity index (χ3v) is 4.91. The van der Waals surface area contributed by atoms with E-state index in [2.05, 4.69) is 35.0 Å². The van der Waals surface area contributed by atoms with E-state index in [-0.39, 0.29) is 5.92 Å². The number of benzene rings is 1. The SMILES string of the molecule is CN1CCC[C@H]2C(=O)N3c4ccccc4C[C@@H]3[C@H]21. The van der Waals surface area contributed by atoms with Gasteiger partial charge >= 0.3 is 0 Å². The minimum atomic E-state index is 0.238. The van der Waals surface area contributed by atoms with Crippen molar-refractivity contribution in [3.63, 3.8) is 0 Å². The Labute approximate surface area is 107 Å². The van der Waals surface area contributed by atoms with Gasteiger partial charge in [0.25, 0.3) is 0 Å². The van der Waals surface area contributed by atoms with E-state index in [0.29, 0.717) is 18.0 Å². The molecular weight excluding hydrogens is 224 g/mol. The number of carbonyl (C=O) groups is 1. The molecule has 0 bridgehead atoms. The molecule has 0 spiro atoms. The first-order chi connectivity index (χ1) is 8.77. The second kappa shape index (κ2) is 3.58.